The number of rotatable bonds is 3. The van der Waals surface area contributed by atoms with Crippen molar-refractivity contribution in [3.05, 3.63) is 29.3 Å². The lowest BCUT2D eigenvalue weighted by Gasteiger charge is -2.32. The van der Waals surface area contributed by atoms with Crippen LogP contribution in [0.2, 0.25) is 0 Å². The van der Waals surface area contributed by atoms with Gasteiger partial charge in [-0.3, -0.25) is 0 Å². The summed E-state index contributed by atoms with van der Waals surface area (Å²) >= 11 is 0. The molecule has 0 spiro atoms. The standard InChI is InChI=1S/C16H22O3/c1-10-5-7-14(8-12(10)3)19-15-9-13(16(17)18)6-4-11(15)2/h4,6,9-10,12,14H,5,7-8H2,1-3H3,(H,17,18). The zero-order valence-electron chi connectivity index (χ0n) is 11.8. The highest BCUT2D eigenvalue weighted by Gasteiger charge is 2.26. The molecule has 1 aliphatic rings. The fourth-order valence-electron chi connectivity index (χ4n) is 2.64. The molecule has 104 valence electrons. The van der Waals surface area contributed by atoms with Crippen LogP contribution in [-0.2, 0) is 0 Å². The van der Waals surface area contributed by atoms with Gasteiger partial charge in [0.25, 0.3) is 0 Å². The maximum Gasteiger partial charge on any atom is 0.335 e. The topological polar surface area (TPSA) is 46.5 Å². The van der Waals surface area contributed by atoms with Crippen molar-refractivity contribution in [1.29, 1.82) is 0 Å². The van der Waals surface area contributed by atoms with Gasteiger partial charge < -0.3 is 9.84 Å². The number of hydrogen-bond donors (Lipinski definition) is 1. The van der Waals surface area contributed by atoms with E-state index in [2.05, 4.69) is 13.8 Å². The monoisotopic (exact) mass is 262 g/mol. The predicted molar refractivity (Wildman–Crippen MR) is 74.7 cm³/mol. The van der Waals surface area contributed by atoms with Gasteiger partial charge in [0.2, 0.25) is 0 Å². The van der Waals surface area contributed by atoms with E-state index in [0.717, 1.165) is 24.3 Å². The van der Waals surface area contributed by atoms with Gasteiger partial charge in [0.15, 0.2) is 0 Å². The third-order valence-corrected chi connectivity index (χ3v) is 4.28. The van der Waals surface area contributed by atoms with Crippen molar-refractivity contribution < 1.29 is 14.6 Å². The summed E-state index contributed by atoms with van der Waals surface area (Å²) in [5.41, 5.74) is 1.29. The summed E-state index contributed by atoms with van der Waals surface area (Å²) in [7, 11) is 0. The van der Waals surface area contributed by atoms with Gasteiger partial charge in [0.1, 0.15) is 5.75 Å². The van der Waals surface area contributed by atoms with E-state index < -0.39 is 5.97 Å². The first-order valence-corrected chi connectivity index (χ1v) is 6.98. The van der Waals surface area contributed by atoms with Crippen LogP contribution < -0.4 is 4.74 Å². The summed E-state index contributed by atoms with van der Waals surface area (Å²) < 4.78 is 6.03. The Balaban J connectivity index is 2.10. The number of hydrogen-bond acceptors (Lipinski definition) is 2. The Morgan fingerprint density at radius 3 is 2.63 bits per heavy atom. The Morgan fingerprint density at radius 2 is 2.00 bits per heavy atom. The average Bonchev–Trinajstić information content (AvgIpc) is 2.36. The molecule has 1 fully saturated rings. The molecule has 0 saturated heterocycles. The zero-order valence-corrected chi connectivity index (χ0v) is 11.8. The van der Waals surface area contributed by atoms with E-state index in [4.69, 9.17) is 9.84 Å². The summed E-state index contributed by atoms with van der Waals surface area (Å²) in [5, 5.41) is 9.03. The molecule has 3 nitrogen and oxygen atoms in total. The molecule has 2 rings (SSSR count). The molecular formula is C16H22O3. The molecule has 3 atom stereocenters. The highest BCUT2D eigenvalue weighted by molar-refractivity contribution is 5.88. The average molecular weight is 262 g/mol. The smallest absolute Gasteiger partial charge is 0.335 e. The summed E-state index contributed by atoms with van der Waals surface area (Å²) in [6.45, 7) is 6.51. The van der Waals surface area contributed by atoms with Crippen molar-refractivity contribution in [3.63, 3.8) is 0 Å². The van der Waals surface area contributed by atoms with Crippen LogP contribution in [0.15, 0.2) is 18.2 Å². The highest BCUT2D eigenvalue weighted by atomic mass is 16.5. The molecule has 1 aromatic carbocycles. The minimum atomic E-state index is -0.907. The van der Waals surface area contributed by atoms with Crippen LogP contribution in [0.4, 0.5) is 0 Å². The number of aromatic carboxylic acids is 1. The van der Waals surface area contributed by atoms with Crippen LogP contribution in [0.3, 0.4) is 0 Å². The fraction of sp³-hybridized carbons (Fsp3) is 0.562. The van der Waals surface area contributed by atoms with Crippen LogP contribution in [0, 0.1) is 18.8 Å². The molecule has 3 heteroatoms. The normalized spacial score (nSPS) is 27.0. The third kappa shape index (κ3) is 3.28. The molecule has 1 N–H and O–H groups in total. The molecule has 0 amide bonds. The Bertz CT molecular complexity index is 467. The Hall–Kier alpha value is -1.51. The molecule has 0 heterocycles. The molecule has 1 aromatic rings. The van der Waals surface area contributed by atoms with Crippen molar-refractivity contribution in [2.75, 3.05) is 0 Å². The molecule has 0 bridgehead atoms. The van der Waals surface area contributed by atoms with Gasteiger partial charge in [-0.15, -0.1) is 0 Å². The lowest BCUT2D eigenvalue weighted by Crippen LogP contribution is -2.29. The second kappa shape index (κ2) is 5.64. The van der Waals surface area contributed by atoms with Crippen molar-refractivity contribution >= 4 is 5.97 Å². The zero-order chi connectivity index (χ0) is 14.0. The molecule has 0 radical (unpaired) electrons. The summed E-state index contributed by atoms with van der Waals surface area (Å²) in [6, 6.07) is 5.07. The van der Waals surface area contributed by atoms with E-state index in [9.17, 15) is 4.79 Å². The minimum absolute atomic E-state index is 0.217. The van der Waals surface area contributed by atoms with Gasteiger partial charge in [0, 0.05) is 0 Å². The molecule has 0 aliphatic heterocycles. The first-order chi connectivity index (χ1) is 8.97. The number of aryl methyl sites for hydroxylation is 1. The third-order valence-electron chi connectivity index (χ3n) is 4.28. The molecule has 1 saturated carbocycles. The number of carboxylic acids is 1. The van der Waals surface area contributed by atoms with Crippen LogP contribution in [0.25, 0.3) is 0 Å². The maximum atomic E-state index is 11.0. The van der Waals surface area contributed by atoms with E-state index in [0.29, 0.717) is 11.7 Å². The number of ether oxygens (including phenoxy) is 1. The van der Waals surface area contributed by atoms with E-state index in [1.807, 2.05) is 13.0 Å². The Kier molecular flexibility index (Phi) is 4.13. The van der Waals surface area contributed by atoms with Gasteiger partial charge in [-0.25, -0.2) is 4.79 Å². The molecule has 0 aromatic heterocycles. The molecule has 1 aliphatic carbocycles. The Morgan fingerprint density at radius 1 is 1.26 bits per heavy atom. The maximum absolute atomic E-state index is 11.0. The summed E-state index contributed by atoms with van der Waals surface area (Å²) in [4.78, 5) is 11.0. The lowest BCUT2D eigenvalue weighted by molar-refractivity contribution is 0.0694. The van der Waals surface area contributed by atoms with Crippen molar-refractivity contribution in [3.8, 4) is 5.75 Å². The van der Waals surface area contributed by atoms with E-state index >= 15 is 0 Å². The number of benzene rings is 1. The highest BCUT2D eigenvalue weighted by Crippen LogP contribution is 2.32. The fourth-order valence-corrected chi connectivity index (χ4v) is 2.64. The first-order valence-electron chi connectivity index (χ1n) is 6.98. The quantitative estimate of drug-likeness (QED) is 0.898. The van der Waals surface area contributed by atoms with Crippen molar-refractivity contribution in [1.82, 2.24) is 0 Å². The van der Waals surface area contributed by atoms with Crippen LogP contribution in [-0.4, -0.2) is 17.2 Å². The van der Waals surface area contributed by atoms with E-state index in [1.165, 1.54) is 6.42 Å². The van der Waals surface area contributed by atoms with E-state index in [1.54, 1.807) is 12.1 Å². The largest absolute Gasteiger partial charge is 0.490 e. The lowest BCUT2D eigenvalue weighted by atomic mass is 9.80. The van der Waals surface area contributed by atoms with Crippen molar-refractivity contribution in [2.45, 2.75) is 46.1 Å². The second-order valence-corrected chi connectivity index (χ2v) is 5.79. The van der Waals surface area contributed by atoms with Gasteiger partial charge >= 0.3 is 5.97 Å². The van der Waals surface area contributed by atoms with Crippen LogP contribution in [0.1, 0.15) is 49.0 Å². The van der Waals surface area contributed by atoms with Gasteiger partial charge in [0.05, 0.1) is 11.7 Å². The summed E-state index contributed by atoms with van der Waals surface area (Å²) in [6.07, 6.45) is 3.51. The summed E-state index contributed by atoms with van der Waals surface area (Å²) in [5.74, 6) is 1.23. The molecule has 19 heavy (non-hydrogen) atoms. The molecule has 3 unspecified atom stereocenters. The minimum Gasteiger partial charge on any atom is -0.490 e. The second-order valence-electron chi connectivity index (χ2n) is 5.79. The van der Waals surface area contributed by atoms with E-state index in [-0.39, 0.29) is 11.7 Å². The van der Waals surface area contributed by atoms with Gasteiger partial charge in [-0.1, -0.05) is 19.9 Å². The Labute approximate surface area is 114 Å². The SMILES string of the molecule is Cc1ccc(C(=O)O)cc1OC1CCC(C)C(C)C1. The number of carboxylic acid groups (broad SMARTS) is 1. The van der Waals surface area contributed by atoms with Gasteiger partial charge in [-0.05, 0) is 55.7 Å². The number of carbonyl (C=O) groups is 1. The first kappa shape index (κ1) is 13.9. The molecular weight excluding hydrogens is 240 g/mol. The van der Waals surface area contributed by atoms with Crippen LogP contribution >= 0.6 is 0 Å². The van der Waals surface area contributed by atoms with Crippen LogP contribution in [0.5, 0.6) is 5.75 Å². The predicted octanol–water partition coefficient (Wildman–Crippen LogP) is 3.90. The van der Waals surface area contributed by atoms with Crippen molar-refractivity contribution in [2.24, 2.45) is 11.8 Å². The van der Waals surface area contributed by atoms with Gasteiger partial charge in [-0.2, -0.15) is 0 Å².